The maximum Gasteiger partial charge on any atom is 0.229 e. The van der Waals surface area contributed by atoms with Crippen LogP contribution in [-0.4, -0.2) is 21.8 Å². The predicted molar refractivity (Wildman–Crippen MR) is 116 cm³/mol. The first kappa shape index (κ1) is 23.5. The molecule has 2 aliphatic rings. The van der Waals surface area contributed by atoms with Gasteiger partial charge in [-0.3, -0.25) is 0 Å². The summed E-state index contributed by atoms with van der Waals surface area (Å²) in [7, 11) is 0. The van der Waals surface area contributed by atoms with Gasteiger partial charge < -0.3 is 10.4 Å². The minimum atomic E-state index is -0.0988. The van der Waals surface area contributed by atoms with Crippen molar-refractivity contribution in [2.45, 2.75) is 153 Å². The minimum absolute atomic E-state index is 0.0988. The van der Waals surface area contributed by atoms with Gasteiger partial charge in [-0.25, -0.2) is 0 Å². The molecule has 2 fully saturated rings. The van der Waals surface area contributed by atoms with Crippen LogP contribution in [0.25, 0.3) is 0 Å². The molecular formula is C24H46N2O2. The minimum Gasteiger partial charge on any atom is -0.567 e. The molecule has 0 aromatic carbocycles. The molecule has 0 amide bonds. The molecule has 2 rings (SSSR count). The summed E-state index contributed by atoms with van der Waals surface area (Å²) in [4.78, 5) is 1.75. The molecular weight excluding hydrogens is 348 g/mol. The van der Waals surface area contributed by atoms with E-state index in [1.165, 1.54) is 89.9 Å². The second-order valence-corrected chi connectivity index (χ2v) is 9.43. The number of azo groups is 1. The first-order valence-electron chi connectivity index (χ1n) is 12.7. The Kier molecular flexibility index (Phi) is 12.7. The van der Waals surface area contributed by atoms with E-state index >= 15 is 0 Å². The quantitative estimate of drug-likeness (QED) is 0.272. The highest BCUT2D eigenvalue weighted by Gasteiger charge is 2.29. The lowest BCUT2D eigenvalue weighted by atomic mass is 9.98. The van der Waals surface area contributed by atoms with Crippen LogP contribution in [0.4, 0.5) is 0 Å². The van der Waals surface area contributed by atoms with Gasteiger partial charge in [0, 0.05) is 35.4 Å². The summed E-state index contributed by atoms with van der Waals surface area (Å²) in [5.74, 6) is 0. The Morgan fingerprint density at radius 1 is 0.321 bits per heavy atom. The van der Waals surface area contributed by atoms with Gasteiger partial charge in [-0.2, -0.15) is 0 Å². The van der Waals surface area contributed by atoms with E-state index in [9.17, 15) is 10.4 Å². The van der Waals surface area contributed by atoms with Crippen molar-refractivity contribution in [3.05, 3.63) is 10.4 Å². The second-order valence-electron chi connectivity index (χ2n) is 9.43. The van der Waals surface area contributed by atoms with E-state index in [-0.39, 0.29) is 12.1 Å². The zero-order chi connectivity index (χ0) is 19.9. The van der Waals surface area contributed by atoms with E-state index < -0.39 is 0 Å². The molecule has 0 bridgehead atoms. The van der Waals surface area contributed by atoms with Crippen LogP contribution in [-0.2, 0) is 0 Å². The van der Waals surface area contributed by atoms with E-state index in [1.54, 1.807) is 0 Å². The van der Waals surface area contributed by atoms with Crippen LogP contribution < -0.4 is 0 Å². The largest absolute Gasteiger partial charge is 0.567 e. The SMILES string of the molecule is [O-]/[N+](C1CCCCCCCCCCC1)=[N+](/[O-])C1CCCCCCCCCCC1. The van der Waals surface area contributed by atoms with Gasteiger partial charge in [0.15, 0.2) is 0 Å². The molecule has 0 aromatic rings. The Hall–Kier alpha value is -0.800. The zero-order valence-electron chi connectivity index (χ0n) is 18.4. The van der Waals surface area contributed by atoms with Crippen molar-refractivity contribution >= 4 is 0 Å². The molecule has 2 saturated carbocycles. The fourth-order valence-corrected chi connectivity index (χ4v) is 5.05. The molecule has 0 aliphatic heterocycles. The Labute approximate surface area is 173 Å². The Bertz CT molecular complexity index is 363. The molecule has 0 atom stereocenters. The van der Waals surface area contributed by atoms with Gasteiger partial charge in [0.2, 0.25) is 12.1 Å². The third-order valence-corrected chi connectivity index (χ3v) is 6.97. The average Bonchev–Trinajstić information content (AvgIpc) is 2.68. The van der Waals surface area contributed by atoms with Gasteiger partial charge in [-0.05, 0) is 25.7 Å². The summed E-state index contributed by atoms with van der Waals surface area (Å²) in [6, 6.07) is -0.198. The third kappa shape index (κ3) is 9.60. The van der Waals surface area contributed by atoms with Crippen LogP contribution in [0.5, 0.6) is 0 Å². The molecule has 0 unspecified atom stereocenters. The predicted octanol–water partition coefficient (Wildman–Crippen LogP) is 7.81. The summed E-state index contributed by atoms with van der Waals surface area (Å²) >= 11 is 0. The second kappa shape index (κ2) is 15.1. The maximum absolute atomic E-state index is 13.0. The number of hydrogen-bond donors (Lipinski definition) is 0. The Morgan fingerprint density at radius 2 is 0.500 bits per heavy atom. The van der Waals surface area contributed by atoms with E-state index in [2.05, 4.69) is 0 Å². The maximum atomic E-state index is 13.0. The van der Waals surface area contributed by atoms with Crippen molar-refractivity contribution in [2.75, 3.05) is 0 Å². The highest BCUT2D eigenvalue weighted by molar-refractivity contribution is 4.62. The fraction of sp³-hybridized carbons (Fsp3) is 1.00. The number of rotatable bonds is 2. The molecule has 28 heavy (non-hydrogen) atoms. The van der Waals surface area contributed by atoms with Gasteiger partial charge in [-0.15, -0.1) is 0 Å². The Morgan fingerprint density at radius 3 is 0.714 bits per heavy atom. The summed E-state index contributed by atoms with van der Waals surface area (Å²) in [5, 5.41) is 26.0. The van der Waals surface area contributed by atoms with E-state index in [4.69, 9.17) is 0 Å². The highest BCUT2D eigenvalue weighted by atomic mass is 16.6. The molecule has 0 aromatic heterocycles. The van der Waals surface area contributed by atoms with Crippen molar-refractivity contribution in [1.82, 2.24) is 0 Å². The van der Waals surface area contributed by atoms with Gasteiger partial charge in [-0.1, -0.05) is 89.9 Å². The fourth-order valence-electron chi connectivity index (χ4n) is 5.05. The molecule has 0 radical (unpaired) electrons. The lowest BCUT2D eigenvalue weighted by molar-refractivity contribution is -0.997. The van der Waals surface area contributed by atoms with Gasteiger partial charge in [0.25, 0.3) is 0 Å². The van der Waals surface area contributed by atoms with Crippen LogP contribution in [0.15, 0.2) is 0 Å². The van der Waals surface area contributed by atoms with Crippen LogP contribution in [0.1, 0.15) is 141 Å². The molecule has 2 aliphatic carbocycles. The monoisotopic (exact) mass is 394 g/mol. The number of nitrogens with zero attached hydrogens (tertiary/aromatic N) is 2. The molecule has 0 heterocycles. The van der Waals surface area contributed by atoms with Gasteiger partial charge >= 0.3 is 0 Å². The van der Waals surface area contributed by atoms with Crippen molar-refractivity contribution < 1.29 is 9.72 Å². The summed E-state index contributed by atoms with van der Waals surface area (Å²) in [5.41, 5.74) is 0. The zero-order valence-corrected chi connectivity index (χ0v) is 18.4. The molecule has 0 N–H and O–H groups in total. The average molecular weight is 395 g/mol. The molecule has 0 saturated heterocycles. The van der Waals surface area contributed by atoms with E-state index in [1.807, 2.05) is 0 Å². The van der Waals surface area contributed by atoms with Gasteiger partial charge in [0.05, 0.1) is 0 Å². The number of hydroxylamine groups is 2. The summed E-state index contributed by atoms with van der Waals surface area (Å²) in [6.07, 6.45) is 26.1. The van der Waals surface area contributed by atoms with Crippen molar-refractivity contribution in [1.29, 1.82) is 0 Å². The standard InChI is InChI=1S/C24H46N2O2/c27-25(23-19-15-11-7-3-1-4-8-12-16-20-23)26(28)24-21-17-13-9-5-2-6-10-14-18-22-24/h23-24H,1-22H2/b26-25+. The van der Waals surface area contributed by atoms with Crippen LogP contribution in [0.2, 0.25) is 0 Å². The summed E-state index contributed by atoms with van der Waals surface area (Å²) < 4.78 is 0. The first-order valence-corrected chi connectivity index (χ1v) is 12.7. The molecule has 4 nitrogen and oxygen atoms in total. The smallest absolute Gasteiger partial charge is 0.229 e. The normalized spacial score (nSPS) is 25.4. The Balaban J connectivity index is 1.96. The van der Waals surface area contributed by atoms with E-state index in [0.29, 0.717) is 0 Å². The van der Waals surface area contributed by atoms with Gasteiger partial charge in [0.1, 0.15) is 0 Å². The van der Waals surface area contributed by atoms with Crippen molar-refractivity contribution in [2.24, 2.45) is 0 Å². The molecule has 164 valence electrons. The van der Waals surface area contributed by atoms with Crippen LogP contribution in [0.3, 0.4) is 0 Å². The van der Waals surface area contributed by atoms with Crippen LogP contribution >= 0.6 is 0 Å². The number of hydrogen-bond acceptors (Lipinski definition) is 2. The molecule has 0 spiro atoms. The van der Waals surface area contributed by atoms with Crippen molar-refractivity contribution in [3.8, 4) is 0 Å². The molecule has 4 heteroatoms. The highest BCUT2D eigenvalue weighted by Crippen LogP contribution is 2.22. The lowest BCUT2D eigenvalue weighted by Crippen LogP contribution is -2.35. The third-order valence-electron chi connectivity index (χ3n) is 6.97. The van der Waals surface area contributed by atoms with Crippen molar-refractivity contribution in [3.63, 3.8) is 0 Å². The van der Waals surface area contributed by atoms with E-state index in [0.717, 1.165) is 61.1 Å². The topological polar surface area (TPSA) is 52.1 Å². The summed E-state index contributed by atoms with van der Waals surface area (Å²) in [6.45, 7) is 0. The first-order chi connectivity index (χ1) is 13.8. The van der Waals surface area contributed by atoms with Crippen LogP contribution in [0, 0.1) is 10.4 Å². The lowest BCUT2D eigenvalue weighted by Gasteiger charge is -2.19.